The molecule has 0 spiro atoms. The van der Waals surface area contributed by atoms with Gasteiger partial charge in [0.15, 0.2) is 0 Å². The summed E-state index contributed by atoms with van der Waals surface area (Å²) in [5.41, 5.74) is 0.772. The van der Waals surface area contributed by atoms with Gasteiger partial charge in [-0.05, 0) is 30.7 Å². The zero-order chi connectivity index (χ0) is 19.2. The molecule has 3 aromatic rings. The molecule has 1 N–H and O–H groups in total. The lowest BCUT2D eigenvalue weighted by Crippen LogP contribution is -2.31. The van der Waals surface area contributed by atoms with Crippen molar-refractivity contribution in [3.63, 3.8) is 0 Å². The van der Waals surface area contributed by atoms with Crippen LogP contribution in [-0.4, -0.2) is 27.3 Å². The molecule has 0 radical (unpaired) electrons. The van der Waals surface area contributed by atoms with E-state index in [4.69, 9.17) is 0 Å². The van der Waals surface area contributed by atoms with Crippen molar-refractivity contribution in [2.75, 3.05) is 11.9 Å². The molecule has 0 fully saturated rings. The van der Waals surface area contributed by atoms with E-state index in [1.54, 1.807) is 4.90 Å². The van der Waals surface area contributed by atoms with E-state index in [9.17, 15) is 13.6 Å². The normalized spacial score (nSPS) is 10.5. The highest BCUT2D eigenvalue weighted by molar-refractivity contribution is 5.92. The van der Waals surface area contributed by atoms with Crippen molar-refractivity contribution in [3.8, 4) is 0 Å². The lowest BCUT2D eigenvalue weighted by Gasteiger charge is -2.20. The summed E-state index contributed by atoms with van der Waals surface area (Å²) in [5, 5.41) is 2.50. The second-order valence-electron chi connectivity index (χ2n) is 5.79. The summed E-state index contributed by atoms with van der Waals surface area (Å²) < 4.78 is 27.6. The third-order valence-electron chi connectivity index (χ3n) is 3.96. The van der Waals surface area contributed by atoms with Crippen LogP contribution in [0.4, 0.5) is 20.4 Å². The van der Waals surface area contributed by atoms with Gasteiger partial charge >= 0.3 is 0 Å². The van der Waals surface area contributed by atoms with Crippen molar-refractivity contribution >= 4 is 17.5 Å². The maximum Gasteiger partial charge on any atom is 0.272 e. The third-order valence-corrected chi connectivity index (χ3v) is 3.96. The largest absolute Gasteiger partial charge is 0.333 e. The number of nitrogens with zero attached hydrogens (tertiary/aromatic N) is 3. The molecule has 27 heavy (non-hydrogen) atoms. The van der Waals surface area contributed by atoms with Gasteiger partial charge in [0.25, 0.3) is 5.91 Å². The van der Waals surface area contributed by atoms with Gasteiger partial charge in [-0.25, -0.2) is 18.7 Å². The highest BCUT2D eigenvalue weighted by Crippen LogP contribution is 2.21. The topological polar surface area (TPSA) is 58.1 Å². The highest BCUT2D eigenvalue weighted by atomic mass is 19.1. The van der Waals surface area contributed by atoms with Crippen molar-refractivity contribution in [2.45, 2.75) is 13.5 Å². The van der Waals surface area contributed by atoms with E-state index < -0.39 is 11.6 Å². The summed E-state index contributed by atoms with van der Waals surface area (Å²) in [4.78, 5) is 22.5. The molecule has 0 aliphatic carbocycles. The fraction of sp³-hybridized carbons (Fsp3) is 0.150. The van der Waals surface area contributed by atoms with Crippen LogP contribution in [-0.2, 0) is 6.54 Å². The van der Waals surface area contributed by atoms with Crippen LogP contribution in [0.3, 0.4) is 0 Å². The Bertz CT molecular complexity index is 914. The van der Waals surface area contributed by atoms with E-state index in [-0.39, 0.29) is 23.2 Å². The maximum absolute atomic E-state index is 13.8. The van der Waals surface area contributed by atoms with Crippen molar-refractivity contribution in [2.24, 2.45) is 0 Å². The number of benzene rings is 2. The Balaban J connectivity index is 1.80. The zero-order valence-electron chi connectivity index (χ0n) is 14.7. The molecule has 0 aliphatic rings. The smallest absolute Gasteiger partial charge is 0.272 e. The Morgan fingerprint density at radius 2 is 1.74 bits per heavy atom. The van der Waals surface area contributed by atoms with Crippen LogP contribution in [0.5, 0.6) is 0 Å². The first-order valence-corrected chi connectivity index (χ1v) is 8.45. The number of hydrogen-bond acceptors (Lipinski definition) is 4. The summed E-state index contributed by atoms with van der Waals surface area (Å²) in [7, 11) is 0. The molecule has 0 saturated carbocycles. The number of aromatic nitrogens is 2. The monoisotopic (exact) mass is 368 g/mol. The van der Waals surface area contributed by atoms with Crippen LogP contribution in [0.1, 0.15) is 23.0 Å². The SMILES string of the molecule is CCN(Cc1ccccc1)C(=O)c1ccnc(Nc2c(F)cccc2F)n1. The molecule has 3 rings (SSSR count). The van der Waals surface area contributed by atoms with Crippen LogP contribution in [0, 0.1) is 11.6 Å². The first kappa shape index (κ1) is 18.4. The van der Waals surface area contributed by atoms with Gasteiger partial charge in [-0.2, -0.15) is 0 Å². The van der Waals surface area contributed by atoms with E-state index in [1.807, 2.05) is 37.3 Å². The van der Waals surface area contributed by atoms with Gasteiger partial charge in [-0.15, -0.1) is 0 Å². The molecular weight excluding hydrogens is 350 g/mol. The van der Waals surface area contributed by atoms with E-state index in [1.165, 1.54) is 18.3 Å². The number of amides is 1. The van der Waals surface area contributed by atoms with Crippen LogP contribution in [0.25, 0.3) is 0 Å². The minimum atomic E-state index is -0.769. The van der Waals surface area contributed by atoms with Gasteiger partial charge in [-0.1, -0.05) is 36.4 Å². The van der Waals surface area contributed by atoms with Crippen molar-refractivity contribution in [3.05, 3.63) is 83.7 Å². The standard InChI is InChI=1S/C20H18F2N4O/c1-2-26(13-14-7-4-3-5-8-14)19(27)17-11-12-23-20(24-17)25-18-15(21)9-6-10-16(18)22/h3-12H,2,13H2,1H3,(H,23,24,25). The Labute approximate surface area is 155 Å². The van der Waals surface area contributed by atoms with E-state index in [0.717, 1.165) is 17.7 Å². The molecule has 1 aromatic heterocycles. The van der Waals surface area contributed by atoms with Crippen LogP contribution < -0.4 is 5.32 Å². The molecule has 138 valence electrons. The second-order valence-corrected chi connectivity index (χ2v) is 5.79. The van der Waals surface area contributed by atoms with Gasteiger partial charge in [0.1, 0.15) is 23.0 Å². The van der Waals surface area contributed by atoms with Gasteiger partial charge in [0.2, 0.25) is 5.95 Å². The van der Waals surface area contributed by atoms with E-state index in [0.29, 0.717) is 13.1 Å². The van der Waals surface area contributed by atoms with Crippen LogP contribution >= 0.6 is 0 Å². The quantitative estimate of drug-likeness (QED) is 0.710. The Morgan fingerprint density at radius 1 is 1.04 bits per heavy atom. The lowest BCUT2D eigenvalue weighted by molar-refractivity contribution is 0.0746. The maximum atomic E-state index is 13.8. The molecule has 0 unspecified atom stereocenters. The Kier molecular flexibility index (Phi) is 5.71. The lowest BCUT2D eigenvalue weighted by atomic mass is 10.2. The number of rotatable bonds is 6. The first-order valence-electron chi connectivity index (χ1n) is 8.45. The predicted molar refractivity (Wildman–Crippen MR) is 98.5 cm³/mol. The number of hydrogen-bond donors (Lipinski definition) is 1. The average Bonchev–Trinajstić information content (AvgIpc) is 2.69. The highest BCUT2D eigenvalue weighted by Gasteiger charge is 2.17. The average molecular weight is 368 g/mol. The molecule has 1 amide bonds. The fourth-order valence-corrected chi connectivity index (χ4v) is 2.56. The summed E-state index contributed by atoms with van der Waals surface area (Å²) in [5.74, 6) is -1.88. The Morgan fingerprint density at radius 3 is 2.41 bits per heavy atom. The zero-order valence-corrected chi connectivity index (χ0v) is 14.7. The minimum absolute atomic E-state index is 0.0550. The third kappa shape index (κ3) is 4.44. The van der Waals surface area contributed by atoms with E-state index >= 15 is 0 Å². The molecular formula is C20H18F2N4O. The second kappa shape index (κ2) is 8.35. The summed E-state index contributed by atoms with van der Waals surface area (Å²) in [6, 6.07) is 14.6. The van der Waals surface area contributed by atoms with Crippen molar-refractivity contribution in [1.82, 2.24) is 14.9 Å². The summed E-state index contributed by atoms with van der Waals surface area (Å²) in [6.07, 6.45) is 1.37. The Hall–Kier alpha value is -3.35. The number of para-hydroxylation sites is 1. The predicted octanol–water partition coefficient (Wildman–Crippen LogP) is 4.16. The molecule has 7 heteroatoms. The van der Waals surface area contributed by atoms with Gasteiger partial charge in [-0.3, -0.25) is 4.79 Å². The number of halogens is 2. The number of nitrogens with one attached hydrogen (secondary N) is 1. The molecule has 0 aliphatic heterocycles. The van der Waals surface area contributed by atoms with Crippen molar-refractivity contribution in [1.29, 1.82) is 0 Å². The molecule has 0 atom stereocenters. The van der Waals surface area contributed by atoms with Gasteiger partial charge in [0.05, 0.1) is 0 Å². The molecule has 5 nitrogen and oxygen atoms in total. The summed E-state index contributed by atoms with van der Waals surface area (Å²) >= 11 is 0. The number of carbonyl (C=O) groups excluding carboxylic acids is 1. The minimum Gasteiger partial charge on any atom is -0.333 e. The molecule has 2 aromatic carbocycles. The summed E-state index contributed by atoms with van der Waals surface area (Å²) in [6.45, 7) is 2.79. The van der Waals surface area contributed by atoms with Crippen LogP contribution in [0.15, 0.2) is 60.8 Å². The molecule has 0 saturated heterocycles. The fourth-order valence-electron chi connectivity index (χ4n) is 2.56. The molecule has 1 heterocycles. The van der Waals surface area contributed by atoms with Gasteiger partial charge < -0.3 is 10.2 Å². The first-order chi connectivity index (χ1) is 13.1. The number of anilines is 2. The molecule has 0 bridgehead atoms. The van der Waals surface area contributed by atoms with Crippen molar-refractivity contribution < 1.29 is 13.6 Å². The van der Waals surface area contributed by atoms with Gasteiger partial charge in [0, 0.05) is 19.3 Å². The van der Waals surface area contributed by atoms with E-state index in [2.05, 4.69) is 15.3 Å². The number of carbonyl (C=O) groups is 1. The van der Waals surface area contributed by atoms with Crippen LogP contribution in [0.2, 0.25) is 0 Å².